The van der Waals surface area contributed by atoms with Crippen LogP contribution in [0.1, 0.15) is 58.9 Å². The Morgan fingerprint density at radius 3 is 2.33 bits per heavy atom. The van der Waals surface area contributed by atoms with E-state index >= 15 is 0 Å². The van der Waals surface area contributed by atoms with Crippen molar-refractivity contribution in [3.05, 3.63) is 62.2 Å². The van der Waals surface area contributed by atoms with Gasteiger partial charge in [0, 0.05) is 28.4 Å². The Kier molecular flexibility index (Phi) is 7.46. The number of carbonyl (C=O) groups is 1. The third-order valence-electron chi connectivity index (χ3n) is 6.54. The highest BCUT2D eigenvalue weighted by molar-refractivity contribution is 7.58. The molecule has 33 heavy (non-hydrogen) atoms. The number of hydrogen-bond acceptors (Lipinski definition) is 8. The number of carbonyl (C=O) groups excluding carboxylic acids is 1. The second-order valence-electron chi connectivity index (χ2n) is 8.39. The average Bonchev–Trinajstić information content (AvgIpc) is 2.79. The zero-order valence-electron chi connectivity index (χ0n) is 19.7. The Morgan fingerprint density at radius 2 is 1.79 bits per heavy atom. The summed E-state index contributed by atoms with van der Waals surface area (Å²) in [6.07, 6.45) is 1.58. The molecule has 0 aliphatic carbocycles. The van der Waals surface area contributed by atoms with Crippen molar-refractivity contribution >= 4 is 19.3 Å². The van der Waals surface area contributed by atoms with Gasteiger partial charge in [0.2, 0.25) is 0 Å². The van der Waals surface area contributed by atoms with Crippen molar-refractivity contribution in [1.29, 1.82) is 0 Å². The van der Waals surface area contributed by atoms with Crippen molar-refractivity contribution in [2.24, 2.45) is 5.41 Å². The van der Waals surface area contributed by atoms with Crippen LogP contribution in [0.25, 0.3) is 0 Å². The molecular weight excluding hydrogens is 447 g/mol. The molecule has 0 bridgehead atoms. The van der Waals surface area contributed by atoms with Gasteiger partial charge in [-0.25, -0.2) is 4.79 Å². The number of allylic oxidation sites excluding steroid dienone is 3. The minimum atomic E-state index is -3.89. The van der Waals surface area contributed by atoms with Crippen LogP contribution in [0, 0.1) is 15.5 Å². The van der Waals surface area contributed by atoms with Crippen molar-refractivity contribution in [3.63, 3.8) is 0 Å². The molecule has 1 N–H and O–H groups in total. The molecule has 1 aromatic rings. The van der Waals surface area contributed by atoms with E-state index in [1.54, 1.807) is 39.0 Å². The number of benzene rings is 1. The Hall–Kier alpha value is -2.48. The van der Waals surface area contributed by atoms with E-state index in [1.165, 1.54) is 6.07 Å². The number of hydrogen-bond donors (Lipinski definition) is 1. The van der Waals surface area contributed by atoms with Crippen LogP contribution >= 0.6 is 7.60 Å². The number of nitrogens with one attached hydrogen (secondary N) is 1. The van der Waals surface area contributed by atoms with Crippen LogP contribution in [0.3, 0.4) is 0 Å². The molecule has 10 heteroatoms. The normalized spacial score (nSPS) is 22.0. The third kappa shape index (κ3) is 4.63. The van der Waals surface area contributed by atoms with Crippen LogP contribution in [-0.4, -0.2) is 30.7 Å². The van der Waals surface area contributed by atoms with Crippen molar-refractivity contribution in [2.45, 2.75) is 53.4 Å². The molecule has 0 aromatic heterocycles. The van der Waals surface area contributed by atoms with E-state index in [4.69, 9.17) is 13.8 Å². The van der Waals surface area contributed by atoms with Crippen LogP contribution in [-0.2, 0) is 23.1 Å². The average molecular weight is 478 g/mol. The molecule has 0 spiro atoms. The van der Waals surface area contributed by atoms with Gasteiger partial charge in [0.15, 0.2) is 0 Å². The van der Waals surface area contributed by atoms with Crippen molar-refractivity contribution in [3.8, 4) is 0 Å². The standard InChI is InChI=1S/C23H31N2O7P/c1-6-23(7-2)13-31-33(29,32-14-23)21-16(5)24-15(4)19(22(26)30-8-3)20(21)17-11-9-10-12-18(17)25(27)28/h9-12,20,24H,6-8,13-14H2,1-5H3. The maximum absolute atomic E-state index is 14.1. The Balaban J connectivity index is 2.20. The molecule has 3 rings (SSSR count). The van der Waals surface area contributed by atoms with Gasteiger partial charge in [-0.05, 0) is 33.6 Å². The molecule has 1 aromatic carbocycles. The molecule has 2 heterocycles. The lowest BCUT2D eigenvalue weighted by molar-refractivity contribution is -0.385. The van der Waals surface area contributed by atoms with E-state index < -0.39 is 24.4 Å². The number of esters is 1. The molecule has 1 saturated heterocycles. The van der Waals surface area contributed by atoms with E-state index in [2.05, 4.69) is 5.32 Å². The molecule has 1 atom stereocenters. The topological polar surface area (TPSA) is 117 Å². The SMILES string of the molecule is CCOC(=O)C1=C(C)NC(C)=C(P2(=O)OCC(CC)(CC)CO2)C1c1ccccc1[N+](=O)[O-]. The lowest BCUT2D eigenvalue weighted by Crippen LogP contribution is -2.36. The highest BCUT2D eigenvalue weighted by atomic mass is 31.2. The first-order valence-electron chi connectivity index (χ1n) is 11.1. The van der Waals surface area contributed by atoms with Gasteiger partial charge in [-0.3, -0.25) is 14.7 Å². The van der Waals surface area contributed by atoms with Crippen molar-refractivity contribution < 1.29 is 28.1 Å². The molecule has 2 aliphatic rings. The van der Waals surface area contributed by atoms with Gasteiger partial charge in [0.1, 0.15) is 0 Å². The molecule has 180 valence electrons. The molecule has 9 nitrogen and oxygen atoms in total. The minimum Gasteiger partial charge on any atom is -0.463 e. The van der Waals surface area contributed by atoms with Crippen LogP contribution in [0.5, 0.6) is 0 Å². The first-order valence-corrected chi connectivity index (χ1v) is 12.7. The lowest BCUT2D eigenvalue weighted by Gasteiger charge is -2.41. The predicted octanol–water partition coefficient (Wildman–Crippen LogP) is 5.40. The fourth-order valence-electron chi connectivity index (χ4n) is 4.35. The number of nitro benzene ring substituents is 1. The van der Waals surface area contributed by atoms with E-state index in [0.29, 0.717) is 11.4 Å². The van der Waals surface area contributed by atoms with Gasteiger partial charge in [0.25, 0.3) is 5.69 Å². The summed E-state index contributed by atoms with van der Waals surface area (Å²) in [7, 11) is -3.89. The van der Waals surface area contributed by atoms with Gasteiger partial charge < -0.3 is 19.1 Å². The van der Waals surface area contributed by atoms with Crippen LogP contribution < -0.4 is 5.32 Å². The summed E-state index contributed by atoms with van der Waals surface area (Å²) in [6.45, 7) is 9.71. The quantitative estimate of drug-likeness (QED) is 0.240. The summed E-state index contributed by atoms with van der Waals surface area (Å²) in [5.74, 6) is -1.66. The predicted molar refractivity (Wildman–Crippen MR) is 124 cm³/mol. The molecule has 0 amide bonds. The number of nitrogens with zero attached hydrogens (tertiary/aromatic N) is 1. The summed E-state index contributed by atoms with van der Waals surface area (Å²) < 4.78 is 31.3. The van der Waals surface area contributed by atoms with E-state index in [0.717, 1.165) is 12.8 Å². The number of nitro groups is 1. The first-order chi connectivity index (χ1) is 15.6. The van der Waals surface area contributed by atoms with Gasteiger partial charge in [-0.1, -0.05) is 32.0 Å². The number of ether oxygens (including phenoxy) is 1. The Labute approximate surface area is 193 Å². The zero-order valence-corrected chi connectivity index (χ0v) is 20.6. The maximum Gasteiger partial charge on any atom is 0.360 e. The summed E-state index contributed by atoms with van der Waals surface area (Å²) in [6, 6.07) is 6.12. The molecule has 1 fully saturated rings. The third-order valence-corrected chi connectivity index (χ3v) is 8.66. The van der Waals surface area contributed by atoms with Crippen LogP contribution in [0.4, 0.5) is 5.69 Å². The Bertz CT molecular complexity index is 1040. The molecular formula is C23H31N2O7P. The van der Waals surface area contributed by atoms with Gasteiger partial charge >= 0.3 is 13.6 Å². The summed E-state index contributed by atoms with van der Waals surface area (Å²) in [4.78, 5) is 24.4. The molecule has 0 saturated carbocycles. The highest BCUT2D eigenvalue weighted by Crippen LogP contribution is 2.67. The van der Waals surface area contributed by atoms with Crippen molar-refractivity contribution in [1.82, 2.24) is 5.32 Å². The van der Waals surface area contributed by atoms with E-state index in [1.807, 2.05) is 13.8 Å². The molecule has 0 radical (unpaired) electrons. The zero-order chi connectivity index (χ0) is 24.4. The summed E-state index contributed by atoms with van der Waals surface area (Å²) in [5.41, 5.74) is 0.881. The number of rotatable bonds is 7. The van der Waals surface area contributed by atoms with E-state index in [-0.39, 0.29) is 47.4 Å². The monoisotopic (exact) mass is 478 g/mol. The Morgan fingerprint density at radius 1 is 1.18 bits per heavy atom. The second kappa shape index (κ2) is 9.79. The fourth-order valence-corrected chi connectivity index (χ4v) is 6.64. The highest BCUT2D eigenvalue weighted by Gasteiger charge is 2.50. The molecule has 1 unspecified atom stereocenters. The lowest BCUT2D eigenvalue weighted by atomic mass is 9.84. The summed E-state index contributed by atoms with van der Waals surface area (Å²) in [5, 5.41) is 15.2. The first kappa shape index (κ1) is 25.1. The smallest absolute Gasteiger partial charge is 0.360 e. The van der Waals surface area contributed by atoms with Gasteiger partial charge in [0.05, 0.1) is 41.5 Å². The van der Waals surface area contributed by atoms with Gasteiger partial charge in [-0.15, -0.1) is 0 Å². The number of para-hydroxylation sites is 1. The molecule has 2 aliphatic heterocycles. The summed E-state index contributed by atoms with van der Waals surface area (Å²) >= 11 is 0. The van der Waals surface area contributed by atoms with E-state index in [9.17, 15) is 19.5 Å². The second-order valence-corrected chi connectivity index (χ2v) is 10.4. The van der Waals surface area contributed by atoms with Gasteiger partial charge in [-0.2, -0.15) is 0 Å². The largest absolute Gasteiger partial charge is 0.463 e. The maximum atomic E-state index is 14.1. The minimum absolute atomic E-state index is 0.122. The fraction of sp³-hybridized carbons (Fsp3) is 0.522. The number of dihydropyridines is 1. The van der Waals surface area contributed by atoms with Crippen LogP contribution in [0.15, 0.2) is 46.5 Å². The van der Waals surface area contributed by atoms with Crippen LogP contribution in [0.2, 0.25) is 0 Å². The van der Waals surface area contributed by atoms with Crippen molar-refractivity contribution in [2.75, 3.05) is 19.8 Å².